The Balaban J connectivity index is 1.84. The van der Waals surface area contributed by atoms with Crippen LogP contribution in [0.3, 0.4) is 0 Å². The molecule has 0 bridgehead atoms. The summed E-state index contributed by atoms with van der Waals surface area (Å²) in [4.78, 5) is 6.55. The fourth-order valence-electron chi connectivity index (χ4n) is 2.40. The van der Waals surface area contributed by atoms with Crippen molar-refractivity contribution >= 4 is 5.69 Å². The van der Waals surface area contributed by atoms with Gasteiger partial charge in [-0.1, -0.05) is 0 Å². The van der Waals surface area contributed by atoms with Crippen molar-refractivity contribution < 1.29 is 9.47 Å². The molecule has 1 fully saturated rings. The van der Waals surface area contributed by atoms with Crippen LogP contribution in [0.25, 0.3) is 0 Å². The summed E-state index contributed by atoms with van der Waals surface area (Å²) in [6.45, 7) is 6.09. The standard InChI is InChI=1S/C15H25N3O2/c1-2-19-7-4-8-20-15-9-14(10-17-11-15)18-6-3-5-13(16)12-18/h9-11,13H,2-8,12,16H2,1H3. The topological polar surface area (TPSA) is 60.6 Å². The molecule has 2 rings (SSSR count). The van der Waals surface area contributed by atoms with Crippen LogP contribution in [0.2, 0.25) is 0 Å². The Morgan fingerprint density at radius 1 is 1.40 bits per heavy atom. The van der Waals surface area contributed by atoms with E-state index in [1.54, 1.807) is 6.20 Å². The fraction of sp³-hybridized carbons (Fsp3) is 0.667. The molecular formula is C15H25N3O2. The second-order valence-electron chi connectivity index (χ2n) is 5.13. The van der Waals surface area contributed by atoms with Crippen LogP contribution in [0, 0.1) is 0 Å². The Kier molecular flexibility index (Phi) is 6.08. The molecule has 0 aliphatic carbocycles. The first-order valence-corrected chi connectivity index (χ1v) is 7.45. The molecule has 2 N–H and O–H groups in total. The van der Waals surface area contributed by atoms with Crippen LogP contribution >= 0.6 is 0 Å². The maximum Gasteiger partial charge on any atom is 0.139 e. The minimum absolute atomic E-state index is 0.263. The molecular weight excluding hydrogens is 254 g/mol. The van der Waals surface area contributed by atoms with Crippen molar-refractivity contribution in [3.05, 3.63) is 18.5 Å². The summed E-state index contributed by atoms with van der Waals surface area (Å²) >= 11 is 0. The lowest BCUT2D eigenvalue weighted by atomic mass is 10.1. The van der Waals surface area contributed by atoms with Gasteiger partial charge in [-0.3, -0.25) is 4.98 Å². The van der Waals surface area contributed by atoms with Gasteiger partial charge in [-0.15, -0.1) is 0 Å². The molecule has 0 saturated carbocycles. The van der Waals surface area contributed by atoms with Crippen molar-refractivity contribution in [3.63, 3.8) is 0 Å². The van der Waals surface area contributed by atoms with E-state index in [-0.39, 0.29) is 6.04 Å². The van der Waals surface area contributed by atoms with Gasteiger partial charge in [-0.2, -0.15) is 0 Å². The van der Waals surface area contributed by atoms with Crippen LogP contribution in [-0.4, -0.2) is 43.9 Å². The predicted octanol–water partition coefficient (Wildman–Crippen LogP) is 1.81. The number of nitrogens with two attached hydrogens (primary N) is 1. The van der Waals surface area contributed by atoms with Gasteiger partial charge in [0.25, 0.3) is 0 Å². The number of piperidine rings is 1. The minimum Gasteiger partial charge on any atom is -0.492 e. The number of nitrogens with zero attached hydrogens (tertiary/aromatic N) is 2. The summed E-state index contributed by atoms with van der Waals surface area (Å²) in [6.07, 6.45) is 6.78. The summed E-state index contributed by atoms with van der Waals surface area (Å²) in [6, 6.07) is 2.31. The molecule has 2 heterocycles. The summed E-state index contributed by atoms with van der Waals surface area (Å²) in [5.41, 5.74) is 7.12. The van der Waals surface area contributed by atoms with E-state index in [1.807, 2.05) is 19.2 Å². The molecule has 20 heavy (non-hydrogen) atoms. The van der Waals surface area contributed by atoms with Crippen LogP contribution in [0.1, 0.15) is 26.2 Å². The zero-order chi connectivity index (χ0) is 14.2. The maximum absolute atomic E-state index is 6.02. The SMILES string of the molecule is CCOCCCOc1cncc(N2CCCC(N)C2)c1. The highest BCUT2D eigenvalue weighted by Gasteiger charge is 2.17. The van der Waals surface area contributed by atoms with E-state index in [4.69, 9.17) is 15.2 Å². The zero-order valence-corrected chi connectivity index (χ0v) is 12.3. The number of aromatic nitrogens is 1. The quantitative estimate of drug-likeness (QED) is 0.771. The molecule has 1 aromatic rings. The number of hydrogen-bond acceptors (Lipinski definition) is 5. The Morgan fingerprint density at radius 2 is 2.30 bits per heavy atom. The van der Waals surface area contributed by atoms with Gasteiger partial charge >= 0.3 is 0 Å². The number of ether oxygens (including phenoxy) is 2. The molecule has 0 amide bonds. The van der Waals surface area contributed by atoms with Crippen LogP contribution in [-0.2, 0) is 4.74 Å². The zero-order valence-electron chi connectivity index (χ0n) is 12.3. The highest BCUT2D eigenvalue weighted by Crippen LogP contribution is 2.22. The van der Waals surface area contributed by atoms with Crippen LogP contribution in [0.5, 0.6) is 5.75 Å². The number of anilines is 1. The highest BCUT2D eigenvalue weighted by molar-refractivity contribution is 5.48. The predicted molar refractivity (Wildman–Crippen MR) is 80.3 cm³/mol. The summed E-state index contributed by atoms with van der Waals surface area (Å²) < 4.78 is 11.0. The monoisotopic (exact) mass is 279 g/mol. The lowest BCUT2D eigenvalue weighted by Gasteiger charge is -2.32. The van der Waals surface area contributed by atoms with Gasteiger partial charge in [0.1, 0.15) is 5.75 Å². The smallest absolute Gasteiger partial charge is 0.139 e. The van der Waals surface area contributed by atoms with Crippen molar-refractivity contribution in [2.45, 2.75) is 32.2 Å². The Labute approximate surface area is 121 Å². The number of rotatable bonds is 7. The maximum atomic E-state index is 6.02. The van der Waals surface area contributed by atoms with Gasteiger partial charge < -0.3 is 20.1 Å². The number of hydrogen-bond donors (Lipinski definition) is 1. The molecule has 0 radical (unpaired) electrons. The van der Waals surface area contributed by atoms with E-state index >= 15 is 0 Å². The van der Waals surface area contributed by atoms with E-state index in [1.165, 1.54) is 0 Å². The molecule has 1 unspecified atom stereocenters. The molecule has 1 saturated heterocycles. The van der Waals surface area contributed by atoms with Gasteiger partial charge in [0, 0.05) is 44.8 Å². The van der Waals surface area contributed by atoms with Crippen LogP contribution in [0.4, 0.5) is 5.69 Å². The van der Waals surface area contributed by atoms with Crippen molar-refractivity contribution in [1.82, 2.24) is 4.98 Å². The van der Waals surface area contributed by atoms with E-state index in [0.29, 0.717) is 6.61 Å². The van der Waals surface area contributed by atoms with Gasteiger partial charge in [0.15, 0.2) is 0 Å². The van der Waals surface area contributed by atoms with Crippen LogP contribution < -0.4 is 15.4 Å². The first-order chi connectivity index (χ1) is 9.79. The van der Waals surface area contributed by atoms with Gasteiger partial charge in [-0.25, -0.2) is 0 Å². The first kappa shape index (κ1) is 15.1. The summed E-state index contributed by atoms with van der Waals surface area (Å²) in [7, 11) is 0. The second kappa shape index (κ2) is 8.07. The van der Waals surface area contributed by atoms with Gasteiger partial charge in [-0.05, 0) is 19.8 Å². The van der Waals surface area contributed by atoms with Crippen molar-refractivity contribution in [2.24, 2.45) is 5.73 Å². The molecule has 1 aliphatic rings. The molecule has 5 heteroatoms. The number of pyridine rings is 1. The summed E-state index contributed by atoms with van der Waals surface area (Å²) in [5.74, 6) is 0.818. The van der Waals surface area contributed by atoms with Crippen molar-refractivity contribution in [1.29, 1.82) is 0 Å². The highest BCUT2D eigenvalue weighted by atomic mass is 16.5. The van der Waals surface area contributed by atoms with E-state index < -0.39 is 0 Å². The van der Waals surface area contributed by atoms with Gasteiger partial charge in [0.05, 0.1) is 24.7 Å². The van der Waals surface area contributed by atoms with E-state index in [0.717, 1.165) is 57.0 Å². The van der Waals surface area contributed by atoms with Crippen molar-refractivity contribution in [2.75, 3.05) is 37.8 Å². The van der Waals surface area contributed by atoms with Crippen molar-refractivity contribution in [3.8, 4) is 5.75 Å². The third-order valence-electron chi connectivity index (χ3n) is 3.43. The average molecular weight is 279 g/mol. The lowest BCUT2D eigenvalue weighted by Crippen LogP contribution is -2.42. The molecule has 5 nitrogen and oxygen atoms in total. The summed E-state index contributed by atoms with van der Waals surface area (Å²) in [5, 5.41) is 0. The third kappa shape index (κ3) is 4.65. The Bertz CT molecular complexity index is 400. The molecule has 1 atom stereocenters. The Hall–Kier alpha value is -1.33. The van der Waals surface area contributed by atoms with E-state index in [2.05, 4.69) is 9.88 Å². The Morgan fingerprint density at radius 3 is 3.10 bits per heavy atom. The fourth-order valence-corrected chi connectivity index (χ4v) is 2.40. The largest absolute Gasteiger partial charge is 0.492 e. The molecule has 0 spiro atoms. The second-order valence-corrected chi connectivity index (χ2v) is 5.13. The van der Waals surface area contributed by atoms with Gasteiger partial charge in [0.2, 0.25) is 0 Å². The third-order valence-corrected chi connectivity index (χ3v) is 3.43. The first-order valence-electron chi connectivity index (χ1n) is 7.45. The normalized spacial score (nSPS) is 19.1. The molecule has 1 aliphatic heterocycles. The molecule has 112 valence electrons. The lowest BCUT2D eigenvalue weighted by molar-refractivity contribution is 0.131. The molecule has 1 aromatic heterocycles. The average Bonchev–Trinajstić information content (AvgIpc) is 2.47. The molecule has 0 aromatic carbocycles. The van der Waals surface area contributed by atoms with E-state index in [9.17, 15) is 0 Å². The minimum atomic E-state index is 0.263. The van der Waals surface area contributed by atoms with Crippen LogP contribution in [0.15, 0.2) is 18.5 Å².